The minimum absolute atomic E-state index is 0. The molecule has 5 heteroatoms. The third-order valence-corrected chi connectivity index (χ3v) is 4.70. The fourth-order valence-corrected chi connectivity index (χ4v) is 3.20. The third-order valence-electron chi connectivity index (χ3n) is 4.33. The lowest BCUT2D eigenvalue weighted by molar-refractivity contribution is -0.125. The first kappa shape index (κ1) is 18.8. The predicted octanol–water partition coefficient (Wildman–Crippen LogP) is 3.77. The van der Waals surface area contributed by atoms with Crippen molar-refractivity contribution in [3.8, 4) is 0 Å². The van der Waals surface area contributed by atoms with E-state index < -0.39 is 0 Å². The summed E-state index contributed by atoms with van der Waals surface area (Å²) in [6.07, 6.45) is 1.59. The highest BCUT2D eigenvalue weighted by Gasteiger charge is 2.25. The number of halogens is 2. The van der Waals surface area contributed by atoms with Gasteiger partial charge in [-0.25, -0.2) is 0 Å². The van der Waals surface area contributed by atoms with Gasteiger partial charge in [0, 0.05) is 11.6 Å². The van der Waals surface area contributed by atoms with Gasteiger partial charge in [-0.2, -0.15) is 0 Å². The van der Waals surface area contributed by atoms with Crippen molar-refractivity contribution in [2.45, 2.75) is 18.9 Å². The van der Waals surface area contributed by atoms with Crippen molar-refractivity contribution in [1.29, 1.82) is 0 Å². The zero-order valence-electron chi connectivity index (χ0n) is 13.4. The molecule has 1 aliphatic heterocycles. The summed E-state index contributed by atoms with van der Waals surface area (Å²) in [5.41, 5.74) is 2.15. The van der Waals surface area contributed by atoms with E-state index >= 15 is 0 Å². The van der Waals surface area contributed by atoms with Crippen LogP contribution in [0.4, 0.5) is 0 Å². The van der Waals surface area contributed by atoms with E-state index in [2.05, 4.69) is 22.8 Å². The van der Waals surface area contributed by atoms with Gasteiger partial charge in [-0.3, -0.25) is 4.79 Å². The molecule has 0 saturated carbocycles. The fourth-order valence-electron chi connectivity index (χ4n) is 2.99. The van der Waals surface area contributed by atoms with Crippen LogP contribution in [-0.4, -0.2) is 19.0 Å². The Hall–Kier alpha value is -1.55. The van der Waals surface area contributed by atoms with Crippen LogP contribution in [0, 0.1) is 5.92 Å². The van der Waals surface area contributed by atoms with E-state index in [0.717, 1.165) is 35.7 Å². The molecule has 2 unspecified atom stereocenters. The molecule has 24 heavy (non-hydrogen) atoms. The predicted molar refractivity (Wildman–Crippen MR) is 101 cm³/mol. The van der Waals surface area contributed by atoms with Gasteiger partial charge in [0.05, 0.1) is 12.0 Å². The third kappa shape index (κ3) is 4.73. The molecule has 0 aromatic heterocycles. The lowest BCUT2D eigenvalue weighted by atomic mass is 9.97. The first-order valence-corrected chi connectivity index (χ1v) is 8.41. The Morgan fingerprint density at radius 1 is 1.17 bits per heavy atom. The number of hydrogen-bond donors (Lipinski definition) is 2. The van der Waals surface area contributed by atoms with E-state index in [0.29, 0.717) is 6.42 Å². The molecule has 2 aromatic carbocycles. The van der Waals surface area contributed by atoms with Gasteiger partial charge >= 0.3 is 0 Å². The largest absolute Gasteiger partial charge is 0.349 e. The molecular formula is C19H22Cl2N2O. The molecule has 0 aliphatic carbocycles. The van der Waals surface area contributed by atoms with E-state index in [1.54, 1.807) is 0 Å². The van der Waals surface area contributed by atoms with Crippen LogP contribution in [-0.2, 0) is 11.2 Å². The van der Waals surface area contributed by atoms with Crippen LogP contribution in [0.15, 0.2) is 54.6 Å². The number of carbonyl (C=O) groups excluding carboxylic acids is 1. The molecule has 2 aromatic rings. The topological polar surface area (TPSA) is 41.1 Å². The summed E-state index contributed by atoms with van der Waals surface area (Å²) in [4.78, 5) is 12.5. The van der Waals surface area contributed by atoms with Crippen LogP contribution in [0.25, 0.3) is 0 Å². The average molecular weight is 365 g/mol. The molecule has 128 valence electrons. The number of hydrogen-bond acceptors (Lipinski definition) is 2. The van der Waals surface area contributed by atoms with Crippen molar-refractivity contribution >= 4 is 29.9 Å². The van der Waals surface area contributed by atoms with Crippen molar-refractivity contribution in [1.82, 2.24) is 10.6 Å². The van der Waals surface area contributed by atoms with Gasteiger partial charge in [0.15, 0.2) is 0 Å². The Bertz CT molecular complexity index is 657. The molecule has 0 radical (unpaired) electrons. The second-order valence-corrected chi connectivity index (χ2v) is 6.36. The maximum Gasteiger partial charge on any atom is 0.224 e. The second-order valence-electron chi connectivity index (χ2n) is 5.96. The maximum absolute atomic E-state index is 12.5. The van der Waals surface area contributed by atoms with Gasteiger partial charge in [-0.1, -0.05) is 60.1 Å². The summed E-state index contributed by atoms with van der Waals surface area (Å²) >= 11 is 6.30. The molecule has 1 fully saturated rings. The summed E-state index contributed by atoms with van der Waals surface area (Å²) in [5.74, 6) is 0.184. The zero-order chi connectivity index (χ0) is 16.1. The SMILES string of the molecule is Cl.O=C(NC(Cc1ccccc1Cl)c1ccccc1)C1CCNC1. The van der Waals surface area contributed by atoms with Gasteiger partial charge in [0.25, 0.3) is 0 Å². The van der Waals surface area contributed by atoms with Crippen LogP contribution >= 0.6 is 24.0 Å². The molecule has 1 aliphatic rings. The van der Waals surface area contributed by atoms with Gasteiger partial charge in [-0.05, 0) is 36.6 Å². The molecule has 0 spiro atoms. The Kier molecular flexibility index (Phi) is 7.10. The summed E-state index contributed by atoms with van der Waals surface area (Å²) in [7, 11) is 0. The summed E-state index contributed by atoms with van der Waals surface area (Å²) in [6.45, 7) is 1.68. The molecule has 3 rings (SSSR count). The molecular weight excluding hydrogens is 343 g/mol. The van der Waals surface area contributed by atoms with E-state index in [-0.39, 0.29) is 30.3 Å². The second kappa shape index (κ2) is 9.07. The van der Waals surface area contributed by atoms with Crippen molar-refractivity contribution in [3.63, 3.8) is 0 Å². The fraction of sp³-hybridized carbons (Fsp3) is 0.316. The van der Waals surface area contributed by atoms with Gasteiger partial charge in [0.2, 0.25) is 5.91 Å². The Labute approximate surface area is 154 Å². The molecule has 1 saturated heterocycles. The lowest BCUT2D eigenvalue weighted by Crippen LogP contribution is -2.36. The van der Waals surface area contributed by atoms with Crippen molar-refractivity contribution in [3.05, 3.63) is 70.7 Å². The van der Waals surface area contributed by atoms with Gasteiger partial charge in [0.1, 0.15) is 0 Å². The van der Waals surface area contributed by atoms with Crippen molar-refractivity contribution in [2.24, 2.45) is 5.92 Å². The Morgan fingerprint density at radius 2 is 1.88 bits per heavy atom. The molecule has 1 heterocycles. The normalized spacial score (nSPS) is 17.8. The molecule has 3 nitrogen and oxygen atoms in total. The van der Waals surface area contributed by atoms with E-state index in [1.165, 1.54) is 0 Å². The number of nitrogens with one attached hydrogen (secondary N) is 2. The summed E-state index contributed by atoms with van der Waals surface area (Å²) < 4.78 is 0. The van der Waals surface area contributed by atoms with E-state index in [1.807, 2.05) is 42.5 Å². The van der Waals surface area contributed by atoms with Crippen molar-refractivity contribution < 1.29 is 4.79 Å². The Balaban J connectivity index is 0.00000208. The van der Waals surface area contributed by atoms with Gasteiger partial charge < -0.3 is 10.6 Å². The smallest absolute Gasteiger partial charge is 0.224 e. The first-order chi connectivity index (χ1) is 11.2. The molecule has 0 bridgehead atoms. The maximum atomic E-state index is 12.5. The average Bonchev–Trinajstić information content (AvgIpc) is 3.11. The van der Waals surface area contributed by atoms with Crippen LogP contribution in [0.1, 0.15) is 23.6 Å². The van der Waals surface area contributed by atoms with E-state index in [4.69, 9.17) is 11.6 Å². The van der Waals surface area contributed by atoms with Crippen LogP contribution in [0.5, 0.6) is 0 Å². The highest BCUT2D eigenvalue weighted by molar-refractivity contribution is 6.31. The van der Waals surface area contributed by atoms with Crippen molar-refractivity contribution in [2.75, 3.05) is 13.1 Å². The minimum Gasteiger partial charge on any atom is -0.349 e. The minimum atomic E-state index is -0.0656. The van der Waals surface area contributed by atoms with Crippen LogP contribution in [0.3, 0.4) is 0 Å². The standard InChI is InChI=1S/C19H21ClN2O.ClH/c20-17-9-5-4-8-15(17)12-18(14-6-2-1-3-7-14)22-19(23)16-10-11-21-13-16;/h1-9,16,18,21H,10-13H2,(H,22,23);1H. The monoisotopic (exact) mass is 364 g/mol. The first-order valence-electron chi connectivity index (χ1n) is 8.03. The lowest BCUT2D eigenvalue weighted by Gasteiger charge is -2.22. The number of benzene rings is 2. The number of carbonyl (C=O) groups is 1. The highest BCUT2D eigenvalue weighted by atomic mass is 35.5. The highest BCUT2D eigenvalue weighted by Crippen LogP contribution is 2.24. The van der Waals surface area contributed by atoms with E-state index in [9.17, 15) is 4.79 Å². The summed E-state index contributed by atoms with van der Waals surface area (Å²) in [5, 5.41) is 7.20. The quantitative estimate of drug-likeness (QED) is 0.847. The zero-order valence-corrected chi connectivity index (χ0v) is 14.9. The molecule has 1 amide bonds. The molecule has 2 atom stereocenters. The Morgan fingerprint density at radius 3 is 2.54 bits per heavy atom. The van der Waals surface area contributed by atoms with Crippen LogP contribution < -0.4 is 10.6 Å². The van der Waals surface area contributed by atoms with Crippen LogP contribution in [0.2, 0.25) is 5.02 Å². The van der Waals surface area contributed by atoms with Gasteiger partial charge in [-0.15, -0.1) is 12.4 Å². The molecule has 2 N–H and O–H groups in total. The number of amides is 1. The number of rotatable bonds is 5. The summed E-state index contributed by atoms with van der Waals surface area (Å²) in [6, 6.07) is 17.8.